The Morgan fingerprint density at radius 2 is 1.90 bits per heavy atom. The number of carbonyl (C=O) groups excluding carboxylic acids is 2. The summed E-state index contributed by atoms with van der Waals surface area (Å²) in [5, 5.41) is 10.9. The lowest BCUT2D eigenvalue weighted by atomic mass is 10.2. The Morgan fingerprint density at radius 1 is 1.24 bits per heavy atom. The maximum atomic E-state index is 12.4. The van der Waals surface area contributed by atoms with E-state index in [1.54, 1.807) is 38.8 Å². The lowest BCUT2D eigenvalue weighted by Crippen LogP contribution is -2.16. The van der Waals surface area contributed by atoms with Crippen molar-refractivity contribution >= 4 is 17.6 Å². The summed E-state index contributed by atoms with van der Waals surface area (Å²) in [6.07, 6.45) is 1.55. The predicted octanol–water partition coefficient (Wildman–Crippen LogP) is 0.809. The van der Waals surface area contributed by atoms with Crippen LogP contribution >= 0.6 is 0 Å². The molecule has 0 saturated carbocycles. The monoisotopic (exact) mass is 291 g/mol. The minimum absolute atomic E-state index is 0.0625. The van der Waals surface area contributed by atoms with Gasteiger partial charge in [-0.1, -0.05) is 0 Å². The molecule has 0 radical (unpaired) electrons. The molecule has 0 aliphatic rings. The van der Waals surface area contributed by atoms with Crippen molar-refractivity contribution in [3.05, 3.63) is 28.8 Å². The topological polar surface area (TPSA) is 91.0 Å². The van der Waals surface area contributed by atoms with Gasteiger partial charge in [-0.25, -0.2) is 4.79 Å². The number of hydrogen-bond acceptors (Lipinski definition) is 5. The van der Waals surface area contributed by atoms with Gasteiger partial charge in [0.15, 0.2) is 5.69 Å². The second kappa shape index (κ2) is 5.39. The third kappa shape index (κ3) is 2.64. The Kier molecular flexibility index (Phi) is 3.79. The number of methoxy groups -OCH3 is 1. The minimum atomic E-state index is -0.606. The largest absolute Gasteiger partial charge is 0.464 e. The van der Waals surface area contributed by atoms with Crippen LogP contribution in [-0.4, -0.2) is 38.5 Å². The van der Waals surface area contributed by atoms with Crippen molar-refractivity contribution in [2.24, 2.45) is 14.1 Å². The van der Waals surface area contributed by atoms with Crippen molar-refractivity contribution in [2.75, 3.05) is 12.4 Å². The highest BCUT2D eigenvalue weighted by molar-refractivity contribution is 6.08. The molecule has 0 spiro atoms. The summed E-state index contributed by atoms with van der Waals surface area (Å²) in [6.45, 7) is 3.56. The van der Waals surface area contributed by atoms with Crippen LogP contribution in [0.2, 0.25) is 0 Å². The van der Waals surface area contributed by atoms with Crippen molar-refractivity contribution in [3.63, 3.8) is 0 Å². The molecule has 21 heavy (non-hydrogen) atoms. The Balaban J connectivity index is 2.34. The molecule has 0 atom stereocenters. The number of aryl methyl sites for hydroxylation is 3. The van der Waals surface area contributed by atoms with Gasteiger partial charge in [-0.05, 0) is 13.8 Å². The summed E-state index contributed by atoms with van der Waals surface area (Å²) < 4.78 is 7.72. The van der Waals surface area contributed by atoms with Crippen LogP contribution in [0.4, 0.5) is 5.69 Å². The fraction of sp³-hybridized carbons (Fsp3) is 0.385. The number of aromatic nitrogens is 4. The lowest BCUT2D eigenvalue weighted by Gasteiger charge is -2.05. The minimum Gasteiger partial charge on any atom is -0.464 e. The molecule has 0 saturated heterocycles. The molecule has 0 aliphatic heterocycles. The molecule has 2 rings (SSSR count). The van der Waals surface area contributed by atoms with Gasteiger partial charge < -0.3 is 10.1 Å². The number of anilines is 1. The molecular formula is C13H17N5O3. The Bertz CT molecular complexity index is 714. The number of ether oxygens (including phenoxy) is 1. The summed E-state index contributed by atoms with van der Waals surface area (Å²) >= 11 is 0. The molecule has 8 nitrogen and oxygen atoms in total. The number of nitrogens with zero attached hydrogens (tertiary/aromatic N) is 4. The highest BCUT2D eigenvalue weighted by Gasteiger charge is 2.22. The number of nitrogens with one attached hydrogen (secondary N) is 1. The Morgan fingerprint density at radius 3 is 2.43 bits per heavy atom. The average Bonchev–Trinajstić information content (AvgIpc) is 2.89. The van der Waals surface area contributed by atoms with E-state index in [4.69, 9.17) is 0 Å². The predicted molar refractivity (Wildman–Crippen MR) is 75.2 cm³/mol. The average molecular weight is 291 g/mol. The van der Waals surface area contributed by atoms with Crippen molar-refractivity contribution in [2.45, 2.75) is 13.8 Å². The van der Waals surface area contributed by atoms with Crippen LogP contribution in [0.15, 0.2) is 6.20 Å². The van der Waals surface area contributed by atoms with Crippen molar-refractivity contribution < 1.29 is 14.3 Å². The molecule has 1 amide bonds. The number of esters is 1. The standard InChI is InChI=1S/C13H17N5O3/c1-7-10(8(2)18(4)15-7)12(19)14-9-6-17(3)16-11(9)13(20)21-5/h6H,1-5H3,(H,14,19). The van der Waals surface area contributed by atoms with Crippen LogP contribution in [-0.2, 0) is 18.8 Å². The molecule has 2 aromatic rings. The summed E-state index contributed by atoms with van der Waals surface area (Å²) in [5.41, 5.74) is 2.21. The molecule has 1 N–H and O–H groups in total. The van der Waals surface area contributed by atoms with Gasteiger partial charge in [0.1, 0.15) is 0 Å². The molecule has 8 heteroatoms. The van der Waals surface area contributed by atoms with Crippen molar-refractivity contribution in [3.8, 4) is 0 Å². The molecule has 112 valence electrons. The number of amides is 1. The smallest absolute Gasteiger partial charge is 0.360 e. The Hall–Kier alpha value is -2.64. The molecule has 2 aromatic heterocycles. The molecule has 0 aromatic carbocycles. The molecule has 2 heterocycles. The van der Waals surface area contributed by atoms with Crippen LogP contribution in [0.1, 0.15) is 32.2 Å². The van der Waals surface area contributed by atoms with Gasteiger partial charge in [-0.2, -0.15) is 10.2 Å². The fourth-order valence-electron chi connectivity index (χ4n) is 2.11. The normalized spacial score (nSPS) is 10.5. The van der Waals surface area contributed by atoms with Gasteiger partial charge in [0.25, 0.3) is 5.91 Å². The van der Waals surface area contributed by atoms with Crippen molar-refractivity contribution in [1.82, 2.24) is 19.6 Å². The molecule has 0 fully saturated rings. The second-order valence-corrected chi connectivity index (χ2v) is 4.68. The van der Waals surface area contributed by atoms with E-state index >= 15 is 0 Å². The van der Waals surface area contributed by atoms with E-state index in [1.165, 1.54) is 11.8 Å². The highest BCUT2D eigenvalue weighted by atomic mass is 16.5. The third-order valence-corrected chi connectivity index (χ3v) is 3.19. The second-order valence-electron chi connectivity index (χ2n) is 4.68. The van der Waals surface area contributed by atoms with E-state index in [9.17, 15) is 9.59 Å². The van der Waals surface area contributed by atoms with E-state index < -0.39 is 5.97 Å². The number of hydrogen-bond donors (Lipinski definition) is 1. The van der Waals surface area contributed by atoms with Crippen LogP contribution in [0.3, 0.4) is 0 Å². The number of carbonyl (C=O) groups is 2. The SMILES string of the molecule is COC(=O)c1nn(C)cc1NC(=O)c1c(C)nn(C)c1C. The van der Waals surface area contributed by atoms with E-state index in [0.717, 1.165) is 5.69 Å². The van der Waals surface area contributed by atoms with Crippen LogP contribution in [0, 0.1) is 13.8 Å². The van der Waals surface area contributed by atoms with Gasteiger partial charge in [0.05, 0.1) is 24.1 Å². The first kappa shape index (κ1) is 14.8. The first-order valence-corrected chi connectivity index (χ1v) is 6.28. The third-order valence-electron chi connectivity index (χ3n) is 3.19. The maximum Gasteiger partial charge on any atom is 0.360 e. The van der Waals surface area contributed by atoms with Gasteiger partial charge in [0.2, 0.25) is 0 Å². The van der Waals surface area contributed by atoms with E-state index in [-0.39, 0.29) is 11.6 Å². The van der Waals surface area contributed by atoms with E-state index in [2.05, 4.69) is 20.3 Å². The first-order chi connectivity index (χ1) is 9.85. The first-order valence-electron chi connectivity index (χ1n) is 6.28. The maximum absolute atomic E-state index is 12.4. The van der Waals surface area contributed by atoms with Crippen molar-refractivity contribution in [1.29, 1.82) is 0 Å². The van der Waals surface area contributed by atoms with Gasteiger partial charge in [-0.15, -0.1) is 0 Å². The molecule has 0 aliphatic carbocycles. The summed E-state index contributed by atoms with van der Waals surface area (Å²) in [7, 11) is 4.68. The van der Waals surface area contributed by atoms with Gasteiger partial charge in [-0.3, -0.25) is 14.2 Å². The highest BCUT2D eigenvalue weighted by Crippen LogP contribution is 2.18. The van der Waals surface area contributed by atoms with Gasteiger partial charge >= 0.3 is 5.97 Å². The van der Waals surface area contributed by atoms with Crippen LogP contribution in [0.5, 0.6) is 0 Å². The molecule has 0 unspecified atom stereocenters. The Labute approximate surface area is 121 Å². The lowest BCUT2D eigenvalue weighted by molar-refractivity contribution is 0.0594. The van der Waals surface area contributed by atoms with Crippen LogP contribution in [0.25, 0.3) is 0 Å². The van der Waals surface area contributed by atoms with E-state index in [0.29, 0.717) is 16.9 Å². The molecule has 0 bridgehead atoms. The molecular weight excluding hydrogens is 274 g/mol. The zero-order valence-electron chi connectivity index (χ0n) is 12.6. The summed E-state index contributed by atoms with van der Waals surface area (Å²) in [4.78, 5) is 24.0. The summed E-state index contributed by atoms with van der Waals surface area (Å²) in [6, 6.07) is 0. The summed E-state index contributed by atoms with van der Waals surface area (Å²) in [5.74, 6) is -0.943. The van der Waals surface area contributed by atoms with E-state index in [1.807, 2.05) is 0 Å². The van der Waals surface area contributed by atoms with Gasteiger partial charge in [0, 0.05) is 26.0 Å². The fourth-order valence-corrected chi connectivity index (χ4v) is 2.11. The van der Waals surface area contributed by atoms with Crippen LogP contribution < -0.4 is 5.32 Å². The number of rotatable bonds is 3. The zero-order valence-corrected chi connectivity index (χ0v) is 12.6. The zero-order chi connectivity index (χ0) is 15.7. The quantitative estimate of drug-likeness (QED) is 0.845.